The summed E-state index contributed by atoms with van der Waals surface area (Å²) in [7, 11) is 0. The van der Waals surface area contributed by atoms with Crippen molar-refractivity contribution in [3.8, 4) is 0 Å². The Kier molecular flexibility index (Phi) is 4.82. The predicted molar refractivity (Wildman–Crippen MR) is 88.8 cm³/mol. The quantitative estimate of drug-likeness (QED) is 0.876. The molecule has 22 heavy (non-hydrogen) atoms. The number of likely N-dealkylation sites (tertiary alicyclic amines) is 1. The van der Waals surface area contributed by atoms with Gasteiger partial charge in [-0.25, -0.2) is 0 Å². The lowest BCUT2D eigenvalue weighted by Crippen LogP contribution is -3.15. The van der Waals surface area contributed by atoms with Gasteiger partial charge >= 0.3 is 0 Å². The Labute approximate surface area is 134 Å². The van der Waals surface area contributed by atoms with Crippen LogP contribution in [-0.4, -0.2) is 25.5 Å². The van der Waals surface area contributed by atoms with E-state index in [2.05, 4.69) is 43.4 Å². The molecular weight excluding hydrogens is 272 g/mol. The van der Waals surface area contributed by atoms with Gasteiger partial charge in [0.05, 0.1) is 19.1 Å². The van der Waals surface area contributed by atoms with Gasteiger partial charge in [-0.05, 0) is 36.8 Å². The summed E-state index contributed by atoms with van der Waals surface area (Å²) in [6, 6.07) is 8.78. The Balaban J connectivity index is 1.58. The van der Waals surface area contributed by atoms with Crippen molar-refractivity contribution in [1.82, 2.24) is 5.32 Å². The molecule has 1 aliphatic carbocycles. The van der Waals surface area contributed by atoms with Crippen LogP contribution in [0.25, 0.3) is 0 Å². The summed E-state index contributed by atoms with van der Waals surface area (Å²) < 4.78 is 0. The van der Waals surface area contributed by atoms with Crippen molar-refractivity contribution in [2.75, 3.05) is 19.6 Å². The van der Waals surface area contributed by atoms with E-state index in [1.807, 2.05) is 0 Å². The number of rotatable bonds is 3. The first-order valence-corrected chi connectivity index (χ1v) is 8.82. The van der Waals surface area contributed by atoms with Crippen LogP contribution in [0.3, 0.4) is 0 Å². The summed E-state index contributed by atoms with van der Waals surface area (Å²) >= 11 is 0. The molecule has 3 rings (SSSR count). The molecule has 2 aliphatic rings. The van der Waals surface area contributed by atoms with Crippen LogP contribution >= 0.6 is 0 Å². The van der Waals surface area contributed by atoms with Crippen LogP contribution in [0, 0.1) is 11.8 Å². The average Bonchev–Trinajstić information content (AvgIpc) is 2.46. The van der Waals surface area contributed by atoms with Crippen LogP contribution in [0.2, 0.25) is 0 Å². The second kappa shape index (κ2) is 6.82. The van der Waals surface area contributed by atoms with Crippen LogP contribution in [0.1, 0.15) is 50.3 Å². The molecule has 1 amide bonds. The highest BCUT2D eigenvalue weighted by Crippen LogP contribution is 2.29. The third kappa shape index (κ3) is 3.70. The largest absolute Gasteiger partial charge is 0.344 e. The molecule has 1 aliphatic heterocycles. The zero-order valence-electron chi connectivity index (χ0n) is 13.9. The standard InChI is InChI=1S/C19H28N2O/c1-14-10-15(2)12-21(11-14)13-19(22)20-18-9-5-7-16-6-3-4-8-17(16)18/h3-4,6,8,14-15,18H,5,7,9-13H2,1-2H3,(H,20,22)/p+1/t14-,15-,18+/m0/s1. The van der Waals surface area contributed by atoms with Gasteiger partial charge in [-0.3, -0.25) is 4.79 Å². The molecule has 0 bridgehead atoms. The number of fused-ring (bicyclic) bond motifs is 1. The third-order valence-corrected chi connectivity index (χ3v) is 5.19. The van der Waals surface area contributed by atoms with Crippen molar-refractivity contribution < 1.29 is 9.69 Å². The number of hydrogen-bond donors (Lipinski definition) is 2. The maximum atomic E-state index is 12.5. The average molecular weight is 301 g/mol. The Bertz CT molecular complexity index is 518. The number of hydrogen-bond acceptors (Lipinski definition) is 1. The molecular formula is C19H29N2O+. The molecule has 2 N–H and O–H groups in total. The number of carbonyl (C=O) groups is 1. The minimum Gasteiger partial charge on any atom is -0.344 e. The molecule has 3 atom stereocenters. The Hall–Kier alpha value is -1.35. The molecule has 120 valence electrons. The number of benzene rings is 1. The highest BCUT2D eigenvalue weighted by Gasteiger charge is 2.28. The lowest BCUT2D eigenvalue weighted by atomic mass is 9.87. The van der Waals surface area contributed by atoms with Crippen LogP contribution in [-0.2, 0) is 11.2 Å². The van der Waals surface area contributed by atoms with Gasteiger partial charge in [-0.1, -0.05) is 38.1 Å². The summed E-state index contributed by atoms with van der Waals surface area (Å²) in [4.78, 5) is 13.9. The number of quaternary nitrogens is 1. The molecule has 1 saturated heterocycles. The maximum Gasteiger partial charge on any atom is 0.275 e. The summed E-state index contributed by atoms with van der Waals surface area (Å²) in [6.45, 7) is 7.53. The Morgan fingerprint density at radius 1 is 1.23 bits per heavy atom. The number of piperidine rings is 1. The monoisotopic (exact) mass is 301 g/mol. The van der Waals surface area contributed by atoms with Crippen molar-refractivity contribution >= 4 is 5.91 Å². The minimum atomic E-state index is 0.219. The number of aryl methyl sites for hydroxylation is 1. The van der Waals surface area contributed by atoms with Crippen LogP contribution in [0.15, 0.2) is 24.3 Å². The first-order valence-electron chi connectivity index (χ1n) is 8.82. The van der Waals surface area contributed by atoms with E-state index in [1.54, 1.807) is 0 Å². The predicted octanol–water partition coefficient (Wildman–Crippen LogP) is 1.74. The number of nitrogens with one attached hydrogen (secondary N) is 2. The van der Waals surface area contributed by atoms with Crippen molar-refractivity contribution in [3.63, 3.8) is 0 Å². The summed E-state index contributed by atoms with van der Waals surface area (Å²) in [6.07, 6.45) is 4.70. The zero-order valence-corrected chi connectivity index (χ0v) is 13.9. The third-order valence-electron chi connectivity index (χ3n) is 5.19. The van der Waals surface area contributed by atoms with Gasteiger partial charge in [0.15, 0.2) is 6.54 Å². The molecule has 0 unspecified atom stereocenters. The van der Waals surface area contributed by atoms with Gasteiger partial charge in [-0.15, -0.1) is 0 Å². The maximum absolute atomic E-state index is 12.5. The first kappa shape index (κ1) is 15.5. The fourth-order valence-corrected chi connectivity index (χ4v) is 4.44. The van der Waals surface area contributed by atoms with Gasteiger partial charge in [0.2, 0.25) is 0 Å². The molecule has 1 fully saturated rings. The van der Waals surface area contributed by atoms with E-state index in [1.165, 1.54) is 28.9 Å². The van der Waals surface area contributed by atoms with E-state index < -0.39 is 0 Å². The minimum absolute atomic E-state index is 0.219. The zero-order chi connectivity index (χ0) is 15.5. The van der Waals surface area contributed by atoms with Gasteiger partial charge in [0.1, 0.15) is 0 Å². The van der Waals surface area contributed by atoms with Crippen molar-refractivity contribution in [2.45, 2.75) is 45.6 Å². The van der Waals surface area contributed by atoms with Crippen molar-refractivity contribution in [3.05, 3.63) is 35.4 Å². The summed E-state index contributed by atoms with van der Waals surface area (Å²) in [5.74, 6) is 1.70. The molecule has 0 radical (unpaired) electrons. The molecule has 0 spiro atoms. The van der Waals surface area contributed by atoms with E-state index in [0.29, 0.717) is 6.54 Å². The van der Waals surface area contributed by atoms with Gasteiger partial charge in [0.25, 0.3) is 5.91 Å². The lowest BCUT2D eigenvalue weighted by Gasteiger charge is -2.32. The van der Waals surface area contributed by atoms with Crippen LogP contribution in [0.4, 0.5) is 0 Å². The molecule has 1 heterocycles. The first-order chi connectivity index (χ1) is 10.6. The molecule has 0 aromatic heterocycles. The number of amides is 1. The SMILES string of the molecule is C[C@H]1C[C@H](C)C[NH+](CC(=O)N[C@@H]2CCCc3ccccc32)C1. The van der Waals surface area contributed by atoms with E-state index >= 15 is 0 Å². The molecule has 0 saturated carbocycles. The van der Waals surface area contributed by atoms with E-state index in [0.717, 1.165) is 37.8 Å². The molecule has 3 heteroatoms. The highest BCUT2D eigenvalue weighted by molar-refractivity contribution is 5.77. The van der Waals surface area contributed by atoms with Gasteiger partial charge in [-0.2, -0.15) is 0 Å². The summed E-state index contributed by atoms with van der Waals surface area (Å²) in [5.41, 5.74) is 2.74. The van der Waals surface area contributed by atoms with Crippen LogP contribution in [0.5, 0.6) is 0 Å². The summed E-state index contributed by atoms with van der Waals surface area (Å²) in [5, 5.41) is 3.29. The van der Waals surface area contributed by atoms with Crippen molar-refractivity contribution in [2.24, 2.45) is 11.8 Å². The lowest BCUT2D eigenvalue weighted by molar-refractivity contribution is -0.904. The second-order valence-electron chi connectivity index (χ2n) is 7.49. The highest BCUT2D eigenvalue weighted by atomic mass is 16.2. The fourth-order valence-electron chi connectivity index (χ4n) is 4.44. The van der Waals surface area contributed by atoms with E-state index in [4.69, 9.17) is 0 Å². The smallest absolute Gasteiger partial charge is 0.275 e. The van der Waals surface area contributed by atoms with Gasteiger partial charge < -0.3 is 10.2 Å². The van der Waals surface area contributed by atoms with Gasteiger partial charge in [0, 0.05) is 11.8 Å². The molecule has 1 aromatic rings. The Morgan fingerprint density at radius 3 is 2.73 bits per heavy atom. The Morgan fingerprint density at radius 2 is 1.95 bits per heavy atom. The molecule has 3 nitrogen and oxygen atoms in total. The fraction of sp³-hybridized carbons (Fsp3) is 0.632. The van der Waals surface area contributed by atoms with E-state index in [9.17, 15) is 4.79 Å². The number of carbonyl (C=O) groups excluding carboxylic acids is 1. The molecule has 1 aromatic carbocycles. The van der Waals surface area contributed by atoms with Crippen molar-refractivity contribution in [1.29, 1.82) is 0 Å². The van der Waals surface area contributed by atoms with E-state index in [-0.39, 0.29) is 11.9 Å². The topological polar surface area (TPSA) is 33.5 Å². The van der Waals surface area contributed by atoms with Crippen LogP contribution < -0.4 is 10.2 Å². The normalized spacial score (nSPS) is 31.4. The second-order valence-corrected chi connectivity index (χ2v) is 7.49.